The number of benzene rings is 2. The molecule has 0 amide bonds. The molecular weight excluding hydrogens is 328 g/mol. The smallest absolute Gasteiger partial charge is 0.232 e. The third-order valence-corrected chi connectivity index (χ3v) is 4.79. The normalized spacial score (nSPS) is 17.2. The van der Waals surface area contributed by atoms with E-state index in [0.29, 0.717) is 18.3 Å². The van der Waals surface area contributed by atoms with Gasteiger partial charge in [0.2, 0.25) is 11.7 Å². The summed E-state index contributed by atoms with van der Waals surface area (Å²) in [6, 6.07) is 16.4. The molecule has 1 saturated heterocycles. The van der Waals surface area contributed by atoms with Gasteiger partial charge in [0.25, 0.3) is 0 Å². The average molecular weight is 346 g/mol. The number of fused-ring (bicyclic) bond motifs is 1. The fourth-order valence-corrected chi connectivity index (χ4v) is 3.39. The highest BCUT2D eigenvalue weighted by Gasteiger charge is 2.24. The van der Waals surface area contributed by atoms with E-state index in [9.17, 15) is 0 Å². The Morgan fingerprint density at radius 2 is 2.08 bits per heavy atom. The average Bonchev–Trinajstić information content (AvgIpc) is 3.43. The van der Waals surface area contributed by atoms with Crippen LogP contribution in [0, 0.1) is 0 Å². The molecule has 0 spiro atoms. The monoisotopic (exact) mass is 346 g/mol. The summed E-state index contributed by atoms with van der Waals surface area (Å²) in [7, 11) is 0. The third kappa shape index (κ3) is 2.78. The Morgan fingerprint density at radius 3 is 3.00 bits per heavy atom. The first-order valence-corrected chi connectivity index (χ1v) is 8.77. The molecule has 0 bridgehead atoms. The first-order chi connectivity index (χ1) is 12.9. The number of nitrogens with zero attached hydrogens (tertiary/aromatic N) is 4. The van der Waals surface area contributed by atoms with E-state index >= 15 is 0 Å². The van der Waals surface area contributed by atoms with Crippen LogP contribution in [0.25, 0.3) is 22.4 Å². The number of imidazole rings is 1. The van der Waals surface area contributed by atoms with Crippen molar-refractivity contribution in [3.63, 3.8) is 0 Å². The van der Waals surface area contributed by atoms with Gasteiger partial charge in [-0.3, -0.25) is 0 Å². The molecule has 6 heteroatoms. The number of aromatic nitrogens is 4. The van der Waals surface area contributed by atoms with Crippen molar-refractivity contribution in [3.8, 4) is 11.4 Å². The zero-order chi connectivity index (χ0) is 17.3. The SMILES string of the molecule is c1cc(Cn2cnc3ccccc32)cc(-c2noc(C3CCOC3)n2)c1. The largest absolute Gasteiger partial charge is 0.381 e. The van der Waals surface area contributed by atoms with E-state index in [0.717, 1.165) is 36.2 Å². The van der Waals surface area contributed by atoms with E-state index in [2.05, 4.69) is 37.9 Å². The fourth-order valence-electron chi connectivity index (χ4n) is 3.39. The van der Waals surface area contributed by atoms with Crippen molar-refractivity contribution >= 4 is 11.0 Å². The van der Waals surface area contributed by atoms with Crippen molar-refractivity contribution in [2.75, 3.05) is 13.2 Å². The Labute approximate surface area is 150 Å². The van der Waals surface area contributed by atoms with Crippen LogP contribution in [0.2, 0.25) is 0 Å². The Bertz CT molecular complexity index is 1050. The highest BCUT2D eigenvalue weighted by atomic mass is 16.5. The molecule has 6 nitrogen and oxygen atoms in total. The van der Waals surface area contributed by atoms with Crippen molar-refractivity contribution in [3.05, 3.63) is 66.3 Å². The summed E-state index contributed by atoms with van der Waals surface area (Å²) in [6.07, 6.45) is 2.82. The second kappa shape index (κ2) is 6.38. The lowest BCUT2D eigenvalue weighted by molar-refractivity contribution is 0.189. The highest BCUT2D eigenvalue weighted by molar-refractivity contribution is 5.75. The predicted molar refractivity (Wildman–Crippen MR) is 96.7 cm³/mol. The summed E-state index contributed by atoms with van der Waals surface area (Å²) in [5.41, 5.74) is 4.26. The van der Waals surface area contributed by atoms with Crippen LogP contribution in [0.15, 0.2) is 59.4 Å². The van der Waals surface area contributed by atoms with Crippen molar-refractivity contribution in [2.24, 2.45) is 0 Å². The molecule has 130 valence electrons. The lowest BCUT2D eigenvalue weighted by Gasteiger charge is -2.06. The minimum Gasteiger partial charge on any atom is -0.381 e. The van der Waals surface area contributed by atoms with Crippen LogP contribution in [0.1, 0.15) is 23.8 Å². The lowest BCUT2D eigenvalue weighted by Crippen LogP contribution is -1.99. The second-order valence-corrected chi connectivity index (χ2v) is 6.58. The number of ether oxygens (including phenoxy) is 1. The Hall–Kier alpha value is -2.99. The van der Waals surface area contributed by atoms with Gasteiger partial charge in [-0.25, -0.2) is 4.98 Å². The van der Waals surface area contributed by atoms with Crippen LogP contribution in [-0.4, -0.2) is 32.9 Å². The van der Waals surface area contributed by atoms with Gasteiger partial charge in [-0.2, -0.15) is 4.98 Å². The first-order valence-electron chi connectivity index (χ1n) is 8.77. The maximum Gasteiger partial charge on any atom is 0.232 e. The van der Waals surface area contributed by atoms with Gasteiger partial charge in [-0.05, 0) is 30.2 Å². The number of hydrogen-bond donors (Lipinski definition) is 0. The Kier molecular flexibility index (Phi) is 3.75. The molecule has 1 unspecified atom stereocenters. The van der Waals surface area contributed by atoms with Crippen molar-refractivity contribution in [1.29, 1.82) is 0 Å². The zero-order valence-corrected chi connectivity index (χ0v) is 14.2. The van der Waals surface area contributed by atoms with E-state index in [4.69, 9.17) is 9.26 Å². The molecule has 5 rings (SSSR count). The van der Waals surface area contributed by atoms with Crippen LogP contribution in [0.4, 0.5) is 0 Å². The van der Waals surface area contributed by atoms with Crippen LogP contribution in [0.5, 0.6) is 0 Å². The maximum absolute atomic E-state index is 5.45. The molecule has 2 aromatic carbocycles. The van der Waals surface area contributed by atoms with E-state index in [-0.39, 0.29) is 5.92 Å². The minimum absolute atomic E-state index is 0.219. The van der Waals surface area contributed by atoms with Gasteiger partial charge in [0.05, 0.1) is 29.9 Å². The molecule has 1 fully saturated rings. The predicted octanol–water partition coefficient (Wildman–Crippen LogP) is 3.64. The Morgan fingerprint density at radius 1 is 1.12 bits per heavy atom. The molecule has 26 heavy (non-hydrogen) atoms. The minimum atomic E-state index is 0.219. The topological polar surface area (TPSA) is 66.0 Å². The summed E-state index contributed by atoms with van der Waals surface area (Å²) in [4.78, 5) is 9.03. The summed E-state index contributed by atoms with van der Waals surface area (Å²) < 4.78 is 13.0. The van der Waals surface area contributed by atoms with Gasteiger partial charge in [0.15, 0.2) is 0 Å². The summed E-state index contributed by atoms with van der Waals surface area (Å²) >= 11 is 0. The van der Waals surface area contributed by atoms with Gasteiger partial charge in [-0.15, -0.1) is 0 Å². The maximum atomic E-state index is 5.45. The van der Waals surface area contributed by atoms with E-state index in [1.54, 1.807) is 0 Å². The van der Waals surface area contributed by atoms with Crippen LogP contribution < -0.4 is 0 Å². The molecule has 2 aromatic heterocycles. The zero-order valence-electron chi connectivity index (χ0n) is 14.2. The van der Waals surface area contributed by atoms with Gasteiger partial charge in [0.1, 0.15) is 0 Å². The molecule has 3 heterocycles. The second-order valence-electron chi connectivity index (χ2n) is 6.58. The first kappa shape index (κ1) is 15.3. The molecule has 1 aliphatic heterocycles. The molecule has 0 N–H and O–H groups in total. The van der Waals surface area contributed by atoms with Crippen molar-refractivity contribution in [2.45, 2.75) is 18.9 Å². The lowest BCUT2D eigenvalue weighted by atomic mass is 10.1. The highest BCUT2D eigenvalue weighted by Crippen LogP contribution is 2.26. The molecular formula is C20H18N4O2. The van der Waals surface area contributed by atoms with Crippen molar-refractivity contribution < 1.29 is 9.26 Å². The Balaban J connectivity index is 1.42. The molecule has 0 radical (unpaired) electrons. The summed E-state index contributed by atoms with van der Waals surface area (Å²) in [5, 5.41) is 4.16. The summed E-state index contributed by atoms with van der Waals surface area (Å²) in [6.45, 7) is 2.17. The van der Waals surface area contributed by atoms with E-state index in [1.807, 2.05) is 36.7 Å². The third-order valence-electron chi connectivity index (χ3n) is 4.79. The molecule has 0 aliphatic carbocycles. The van der Waals surface area contributed by atoms with Crippen LogP contribution in [0.3, 0.4) is 0 Å². The van der Waals surface area contributed by atoms with Gasteiger partial charge in [0, 0.05) is 18.7 Å². The van der Waals surface area contributed by atoms with Crippen LogP contribution in [-0.2, 0) is 11.3 Å². The molecule has 0 saturated carbocycles. The van der Waals surface area contributed by atoms with Gasteiger partial charge < -0.3 is 13.8 Å². The van der Waals surface area contributed by atoms with E-state index < -0.39 is 0 Å². The quantitative estimate of drug-likeness (QED) is 0.564. The summed E-state index contributed by atoms with van der Waals surface area (Å²) in [5.74, 6) is 1.52. The number of hydrogen-bond acceptors (Lipinski definition) is 5. The number of para-hydroxylation sites is 2. The molecule has 1 atom stereocenters. The van der Waals surface area contributed by atoms with Gasteiger partial charge >= 0.3 is 0 Å². The number of rotatable bonds is 4. The van der Waals surface area contributed by atoms with Gasteiger partial charge in [-0.1, -0.05) is 35.5 Å². The van der Waals surface area contributed by atoms with Crippen LogP contribution >= 0.6 is 0 Å². The standard InChI is InChI=1S/C20H18N4O2/c1-2-7-18-17(6-1)21-13-24(18)11-14-4-3-5-15(10-14)19-22-20(26-23-19)16-8-9-25-12-16/h1-7,10,13,16H,8-9,11-12H2. The molecule has 4 aromatic rings. The fraction of sp³-hybridized carbons (Fsp3) is 0.250. The molecule has 1 aliphatic rings. The van der Waals surface area contributed by atoms with Crippen molar-refractivity contribution in [1.82, 2.24) is 19.7 Å². The van der Waals surface area contributed by atoms with E-state index in [1.165, 1.54) is 5.56 Å².